The molecule has 19 heavy (non-hydrogen) atoms. The lowest BCUT2D eigenvalue weighted by atomic mass is 10.1. The van der Waals surface area contributed by atoms with E-state index in [0.29, 0.717) is 12.6 Å². The summed E-state index contributed by atoms with van der Waals surface area (Å²) in [6.07, 6.45) is 0. The summed E-state index contributed by atoms with van der Waals surface area (Å²) < 4.78 is 5.95. The molecule has 0 amide bonds. The maximum absolute atomic E-state index is 5.95. The summed E-state index contributed by atoms with van der Waals surface area (Å²) in [5, 5.41) is 5.45. The Morgan fingerprint density at radius 3 is 2.89 bits per heavy atom. The lowest BCUT2D eigenvalue weighted by Gasteiger charge is -2.15. The second kappa shape index (κ2) is 6.68. The van der Waals surface area contributed by atoms with Crippen molar-refractivity contribution in [3.63, 3.8) is 0 Å². The van der Waals surface area contributed by atoms with Gasteiger partial charge in [-0.1, -0.05) is 32.0 Å². The van der Waals surface area contributed by atoms with Crippen molar-refractivity contribution in [2.24, 2.45) is 0 Å². The van der Waals surface area contributed by atoms with E-state index >= 15 is 0 Å². The van der Waals surface area contributed by atoms with Crippen molar-refractivity contribution in [2.75, 3.05) is 0 Å². The standard InChI is InChI=1S/C15H20N2OS/c1-11(2)16-7-13-6-4-5-12(3)15(13)18-8-14-9-19-10-17-14/h4-6,9-11,16H,7-8H2,1-3H3. The van der Waals surface area contributed by atoms with Crippen LogP contribution in [0.2, 0.25) is 0 Å². The number of nitrogens with one attached hydrogen (secondary N) is 1. The summed E-state index contributed by atoms with van der Waals surface area (Å²) in [5.74, 6) is 0.976. The molecule has 0 saturated heterocycles. The fourth-order valence-electron chi connectivity index (χ4n) is 1.83. The average Bonchev–Trinajstić information content (AvgIpc) is 2.88. The Kier molecular flexibility index (Phi) is 4.93. The van der Waals surface area contributed by atoms with Gasteiger partial charge in [0.2, 0.25) is 0 Å². The van der Waals surface area contributed by atoms with Crippen LogP contribution >= 0.6 is 11.3 Å². The van der Waals surface area contributed by atoms with Crippen LogP contribution in [0, 0.1) is 6.92 Å². The molecule has 0 saturated carbocycles. The minimum Gasteiger partial charge on any atom is -0.487 e. The maximum atomic E-state index is 5.95. The number of ether oxygens (including phenoxy) is 1. The molecule has 2 rings (SSSR count). The fraction of sp³-hybridized carbons (Fsp3) is 0.400. The molecule has 0 unspecified atom stereocenters. The second-order valence-corrected chi connectivity index (χ2v) is 5.59. The molecule has 0 aliphatic heterocycles. The van der Waals surface area contributed by atoms with Crippen LogP contribution < -0.4 is 10.1 Å². The largest absolute Gasteiger partial charge is 0.487 e. The molecule has 0 bridgehead atoms. The number of benzene rings is 1. The molecule has 102 valence electrons. The van der Waals surface area contributed by atoms with Crippen molar-refractivity contribution in [3.05, 3.63) is 45.9 Å². The smallest absolute Gasteiger partial charge is 0.131 e. The molecular formula is C15H20N2OS. The highest BCUT2D eigenvalue weighted by Gasteiger charge is 2.08. The Hall–Kier alpha value is -1.39. The van der Waals surface area contributed by atoms with Gasteiger partial charge in [-0.3, -0.25) is 0 Å². The summed E-state index contributed by atoms with van der Waals surface area (Å²) in [7, 11) is 0. The molecule has 4 heteroatoms. The van der Waals surface area contributed by atoms with Crippen molar-refractivity contribution >= 4 is 11.3 Å². The minimum atomic E-state index is 0.465. The Balaban J connectivity index is 2.08. The van der Waals surface area contributed by atoms with Gasteiger partial charge in [0.25, 0.3) is 0 Å². The number of rotatable bonds is 6. The third kappa shape index (κ3) is 4.04. The molecule has 0 atom stereocenters. The molecule has 1 heterocycles. The number of para-hydroxylation sites is 1. The van der Waals surface area contributed by atoms with E-state index in [1.165, 1.54) is 11.1 Å². The first-order chi connectivity index (χ1) is 9.16. The van der Waals surface area contributed by atoms with E-state index in [-0.39, 0.29) is 0 Å². The van der Waals surface area contributed by atoms with Crippen LogP contribution in [0.5, 0.6) is 5.75 Å². The van der Waals surface area contributed by atoms with Gasteiger partial charge in [-0.25, -0.2) is 4.98 Å². The summed E-state index contributed by atoms with van der Waals surface area (Å²) in [4.78, 5) is 4.24. The Bertz CT molecular complexity index is 509. The van der Waals surface area contributed by atoms with Gasteiger partial charge in [0, 0.05) is 23.5 Å². The summed E-state index contributed by atoms with van der Waals surface area (Å²) in [6, 6.07) is 6.73. The summed E-state index contributed by atoms with van der Waals surface area (Å²) in [6.45, 7) is 7.72. The lowest BCUT2D eigenvalue weighted by molar-refractivity contribution is 0.295. The zero-order valence-corrected chi connectivity index (χ0v) is 12.5. The summed E-state index contributed by atoms with van der Waals surface area (Å²) >= 11 is 1.59. The van der Waals surface area contributed by atoms with E-state index in [2.05, 4.69) is 49.3 Å². The van der Waals surface area contributed by atoms with Crippen LogP contribution in [-0.2, 0) is 13.2 Å². The maximum Gasteiger partial charge on any atom is 0.131 e. The molecule has 1 aromatic carbocycles. The zero-order valence-electron chi connectivity index (χ0n) is 11.6. The molecule has 2 aromatic rings. The number of aromatic nitrogens is 1. The molecule has 0 aliphatic rings. The first-order valence-corrected chi connectivity index (χ1v) is 7.43. The quantitative estimate of drug-likeness (QED) is 0.876. The van der Waals surface area contributed by atoms with Crippen LogP contribution in [0.15, 0.2) is 29.1 Å². The van der Waals surface area contributed by atoms with Gasteiger partial charge in [-0.2, -0.15) is 0 Å². The summed E-state index contributed by atoms with van der Waals surface area (Å²) in [5.41, 5.74) is 5.18. The normalized spacial score (nSPS) is 10.9. The van der Waals surface area contributed by atoms with Crippen LogP contribution in [0.4, 0.5) is 0 Å². The highest BCUT2D eigenvalue weighted by atomic mass is 32.1. The zero-order chi connectivity index (χ0) is 13.7. The molecule has 0 spiro atoms. The third-order valence-corrected chi connectivity index (χ3v) is 3.48. The molecular weight excluding hydrogens is 256 g/mol. The SMILES string of the molecule is Cc1cccc(CNC(C)C)c1OCc1cscn1. The number of hydrogen-bond donors (Lipinski definition) is 1. The predicted molar refractivity (Wildman–Crippen MR) is 79.6 cm³/mol. The minimum absolute atomic E-state index is 0.465. The molecule has 0 radical (unpaired) electrons. The molecule has 1 N–H and O–H groups in total. The highest BCUT2D eigenvalue weighted by Crippen LogP contribution is 2.24. The van der Waals surface area contributed by atoms with Gasteiger partial charge >= 0.3 is 0 Å². The van der Waals surface area contributed by atoms with Crippen LogP contribution in [0.1, 0.15) is 30.7 Å². The van der Waals surface area contributed by atoms with E-state index in [1.54, 1.807) is 11.3 Å². The van der Waals surface area contributed by atoms with Crippen molar-refractivity contribution in [3.8, 4) is 5.75 Å². The van der Waals surface area contributed by atoms with Crippen molar-refractivity contribution in [2.45, 2.75) is 40.0 Å². The predicted octanol–water partition coefficient (Wildman–Crippen LogP) is 3.53. The van der Waals surface area contributed by atoms with Gasteiger partial charge in [0.05, 0.1) is 11.2 Å². The first kappa shape index (κ1) is 14.0. The molecule has 0 aliphatic carbocycles. The average molecular weight is 276 g/mol. The van der Waals surface area contributed by atoms with Gasteiger partial charge in [-0.05, 0) is 12.5 Å². The van der Waals surface area contributed by atoms with Gasteiger partial charge in [-0.15, -0.1) is 11.3 Å². The fourth-order valence-corrected chi connectivity index (χ4v) is 2.37. The van der Waals surface area contributed by atoms with E-state index in [0.717, 1.165) is 18.0 Å². The second-order valence-electron chi connectivity index (χ2n) is 4.87. The molecule has 0 fully saturated rings. The van der Waals surface area contributed by atoms with Crippen molar-refractivity contribution < 1.29 is 4.74 Å². The topological polar surface area (TPSA) is 34.1 Å². The Morgan fingerprint density at radius 1 is 1.37 bits per heavy atom. The van der Waals surface area contributed by atoms with Crippen molar-refractivity contribution in [1.29, 1.82) is 0 Å². The van der Waals surface area contributed by atoms with Gasteiger partial charge in [0.15, 0.2) is 0 Å². The van der Waals surface area contributed by atoms with Gasteiger partial charge < -0.3 is 10.1 Å². The monoisotopic (exact) mass is 276 g/mol. The third-order valence-electron chi connectivity index (χ3n) is 2.84. The Labute approximate surface area is 118 Å². The first-order valence-electron chi connectivity index (χ1n) is 6.48. The number of nitrogens with zero attached hydrogens (tertiary/aromatic N) is 1. The number of aryl methyl sites for hydroxylation is 1. The van der Waals surface area contributed by atoms with Crippen molar-refractivity contribution in [1.82, 2.24) is 10.3 Å². The van der Waals surface area contributed by atoms with E-state index in [9.17, 15) is 0 Å². The van der Waals surface area contributed by atoms with Crippen LogP contribution in [0.3, 0.4) is 0 Å². The van der Waals surface area contributed by atoms with Crippen LogP contribution in [0.25, 0.3) is 0 Å². The number of thiazole rings is 1. The Morgan fingerprint density at radius 2 is 2.21 bits per heavy atom. The number of hydrogen-bond acceptors (Lipinski definition) is 4. The van der Waals surface area contributed by atoms with E-state index in [1.807, 2.05) is 10.9 Å². The highest BCUT2D eigenvalue weighted by molar-refractivity contribution is 7.07. The lowest BCUT2D eigenvalue weighted by Crippen LogP contribution is -2.22. The molecule has 1 aromatic heterocycles. The van der Waals surface area contributed by atoms with E-state index < -0.39 is 0 Å². The molecule has 3 nitrogen and oxygen atoms in total. The van der Waals surface area contributed by atoms with Gasteiger partial charge in [0.1, 0.15) is 12.4 Å². The van der Waals surface area contributed by atoms with E-state index in [4.69, 9.17) is 4.74 Å². The van der Waals surface area contributed by atoms with Crippen LogP contribution in [-0.4, -0.2) is 11.0 Å².